The standard InChI is InChI=1S/C11H16BrN/c1-8-7-9(12)5-6-10(8)13-11(2,3)4/h5-7,13H,1-4H3. The number of rotatable bonds is 1. The number of anilines is 1. The van der Waals surface area contributed by atoms with Gasteiger partial charge < -0.3 is 5.32 Å². The summed E-state index contributed by atoms with van der Waals surface area (Å²) in [4.78, 5) is 0. The van der Waals surface area contributed by atoms with E-state index >= 15 is 0 Å². The minimum atomic E-state index is 0.124. The van der Waals surface area contributed by atoms with Crippen LogP contribution in [-0.4, -0.2) is 5.54 Å². The first-order valence-electron chi connectivity index (χ1n) is 4.43. The number of hydrogen-bond donors (Lipinski definition) is 1. The minimum Gasteiger partial charge on any atom is -0.380 e. The predicted molar refractivity (Wildman–Crippen MR) is 62.3 cm³/mol. The molecule has 0 bridgehead atoms. The van der Waals surface area contributed by atoms with E-state index in [9.17, 15) is 0 Å². The fourth-order valence-corrected chi connectivity index (χ4v) is 1.65. The lowest BCUT2D eigenvalue weighted by Gasteiger charge is -2.23. The van der Waals surface area contributed by atoms with Crippen molar-refractivity contribution in [3.8, 4) is 0 Å². The Balaban J connectivity index is 2.90. The summed E-state index contributed by atoms with van der Waals surface area (Å²) in [6.07, 6.45) is 0. The third-order valence-corrected chi connectivity index (χ3v) is 2.19. The zero-order valence-corrected chi connectivity index (χ0v) is 10.2. The molecule has 13 heavy (non-hydrogen) atoms. The molecule has 0 unspecified atom stereocenters. The average Bonchev–Trinajstić information content (AvgIpc) is 1.93. The van der Waals surface area contributed by atoms with E-state index in [-0.39, 0.29) is 5.54 Å². The van der Waals surface area contributed by atoms with Crippen LogP contribution in [0.1, 0.15) is 26.3 Å². The highest BCUT2D eigenvalue weighted by atomic mass is 79.9. The Hall–Kier alpha value is -0.500. The van der Waals surface area contributed by atoms with E-state index in [1.165, 1.54) is 11.3 Å². The molecule has 1 N–H and O–H groups in total. The van der Waals surface area contributed by atoms with Gasteiger partial charge in [0, 0.05) is 15.7 Å². The molecule has 0 heterocycles. The molecule has 0 aliphatic rings. The summed E-state index contributed by atoms with van der Waals surface area (Å²) in [5.74, 6) is 0. The fraction of sp³-hybridized carbons (Fsp3) is 0.455. The molecule has 0 aliphatic heterocycles. The van der Waals surface area contributed by atoms with Gasteiger partial charge in [-0.1, -0.05) is 15.9 Å². The normalized spacial score (nSPS) is 11.5. The van der Waals surface area contributed by atoms with Crippen molar-refractivity contribution in [3.05, 3.63) is 28.2 Å². The van der Waals surface area contributed by atoms with Crippen molar-refractivity contribution < 1.29 is 0 Å². The Morgan fingerprint density at radius 1 is 1.23 bits per heavy atom. The van der Waals surface area contributed by atoms with E-state index in [2.05, 4.69) is 67.1 Å². The fourth-order valence-electron chi connectivity index (χ4n) is 1.17. The van der Waals surface area contributed by atoms with Crippen LogP contribution in [0.5, 0.6) is 0 Å². The predicted octanol–water partition coefficient (Wildman–Crippen LogP) is 3.97. The summed E-state index contributed by atoms with van der Waals surface area (Å²) in [6, 6.07) is 6.28. The second-order valence-electron chi connectivity index (χ2n) is 4.33. The van der Waals surface area contributed by atoms with Gasteiger partial charge in [-0.05, 0) is 51.5 Å². The second-order valence-corrected chi connectivity index (χ2v) is 5.25. The van der Waals surface area contributed by atoms with Crippen molar-refractivity contribution >= 4 is 21.6 Å². The minimum absolute atomic E-state index is 0.124. The van der Waals surface area contributed by atoms with E-state index in [1.54, 1.807) is 0 Å². The van der Waals surface area contributed by atoms with Crippen LogP contribution in [0, 0.1) is 6.92 Å². The summed E-state index contributed by atoms with van der Waals surface area (Å²) in [7, 11) is 0. The molecule has 0 radical (unpaired) electrons. The molecule has 0 spiro atoms. The van der Waals surface area contributed by atoms with Gasteiger partial charge in [0.15, 0.2) is 0 Å². The molecule has 72 valence electrons. The highest BCUT2D eigenvalue weighted by Crippen LogP contribution is 2.22. The van der Waals surface area contributed by atoms with Crippen LogP contribution in [0.15, 0.2) is 22.7 Å². The van der Waals surface area contributed by atoms with E-state index in [0.29, 0.717) is 0 Å². The number of hydrogen-bond acceptors (Lipinski definition) is 1. The first kappa shape index (κ1) is 10.6. The van der Waals surface area contributed by atoms with Crippen LogP contribution < -0.4 is 5.32 Å². The van der Waals surface area contributed by atoms with Gasteiger partial charge in [-0.3, -0.25) is 0 Å². The van der Waals surface area contributed by atoms with E-state index in [0.717, 1.165) is 4.47 Å². The van der Waals surface area contributed by atoms with Gasteiger partial charge in [0.25, 0.3) is 0 Å². The number of halogens is 1. The van der Waals surface area contributed by atoms with Gasteiger partial charge in [0.05, 0.1) is 0 Å². The molecule has 0 atom stereocenters. The molecule has 1 aromatic rings. The maximum Gasteiger partial charge on any atom is 0.0374 e. The molecule has 0 amide bonds. The Labute approximate surface area is 88.7 Å². The zero-order valence-electron chi connectivity index (χ0n) is 8.61. The van der Waals surface area contributed by atoms with Crippen molar-refractivity contribution in [2.45, 2.75) is 33.2 Å². The van der Waals surface area contributed by atoms with Crippen LogP contribution in [-0.2, 0) is 0 Å². The molecule has 1 aromatic carbocycles. The Kier molecular flexibility index (Phi) is 3.01. The molecular weight excluding hydrogens is 226 g/mol. The summed E-state index contributed by atoms with van der Waals surface area (Å²) >= 11 is 3.45. The third-order valence-electron chi connectivity index (χ3n) is 1.70. The Morgan fingerprint density at radius 3 is 2.31 bits per heavy atom. The molecular formula is C11H16BrN. The van der Waals surface area contributed by atoms with E-state index in [4.69, 9.17) is 0 Å². The lowest BCUT2D eigenvalue weighted by Crippen LogP contribution is -2.26. The molecule has 2 heteroatoms. The SMILES string of the molecule is Cc1cc(Br)ccc1NC(C)(C)C. The van der Waals surface area contributed by atoms with Crippen LogP contribution in [0.4, 0.5) is 5.69 Å². The maximum absolute atomic E-state index is 3.46. The van der Waals surface area contributed by atoms with E-state index in [1.807, 2.05) is 0 Å². The highest BCUT2D eigenvalue weighted by Gasteiger charge is 2.10. The van der Waals surface area contributed by atoms with Crippen molar-refractivity contribution in [3.63, 3.8) is 0 Å². The van der Waals surface area contributed by atoms with Gasteiger partial charge >= 0.3 is 0 Å². The molecule has 0 aromatic heterocycles. The second kappa shape index (κ2) is 3.70. The summed E-state index contributed by atoms with van der Waals surface area (Å²) < 4.78 is 1.13. The van der Waals surface area contributed by atoms with Crippen molar-refractivity contribution in [2.75, 3.05) is 5.32 Å². The summed E-state index contributed by atoms with van der Waals surface area (Å²) in [6.45, 7) is 8.59. The Bertz CT molecular complexity index is 299. The Morgan fingerprint density at radius 2 is 1.85 bits per heavy atom. The highest BCUT2D eigenvalue weighted by molar-refractivity contribution is 9.10. The molecule has 1 rings (SSSR count). The van der Waals surface area contributed by atoms with Crippen LogP contribution >= 0.6 is 15.9 Å². The first-order chi connectivity index (χ1) is 5.88. The average molecular weight is 242 g/mol. The van der Waals surface area contributed by atoms with Gasteiger partial charge in [-0.25, -0.2) is 0 Å². The lowest BCUT2D eigenvalue weighted by molar-refractivity contribution is 0.633. The molecule has 1 nitrogen and oxygen atoms in total. The van der Waals surface area contributed by atoms with Gasteiger partial charge in [0.1, 0.15) is 0 Å². The topological polar surface area (TPSA) is 12.0 Å². The first-order valence-corrected chi connectivity index (χ1v) is 5.22. The van der Waals surface area contributed by atoms with Crippen LogP contribution in [0.25, 0.3) is 0 Å². The number of aryl methyl sites for hydroxylation is 1. The van der Waals surface area contributed by atoms with Crippen molar-refractivity contribution in [2.24, 2.45) is 0 Å². The van der Waals surface area contributed by atoms with Crippen LogP contribution in [0.2, 0.25) is 0 Å². The number of nitrogens with one attached hydrogen (secondary N) is 1. The lowest BCUT2D eigenvalue weighted by atomic mass is 10.1. The van der Waals surface area contributed by atoms with Crippen molar-refractivity contribution in [1.29, 1.82) is 0 Å². The summed E-state index contributed by atoms with van der Waals surface area (Å²) in [5, 5.41) is 3.46. The number of benzene rings is 1. The molecule has 0 aliphatic carbocycles. The van der Waals surface area contributed by atoms with Crippen LogP contribution in [0.3, 0.4) is 0 Å². The zero-order chi connectivity index (χ0) is 10.1. The molecule has 0 fully saturated rings. The van der Waals surface area contributed by atoms with Gasteiger partial charge in [0.2, 0.25) is 0 Å². The molecule has 0 saturated carbocycles. The molecule has 0 saturated heterocycles. The van der Waals surface area contributed by atoms with E-state index < -0.39 is 0 Å². The smallest absolute Gasteiger partial charge is 0.0374 e. The van der Waals surface area contributed by atoms with Gasteiger partial charge in [-0.2, -0.15) is 0 Å². The third kappa shape index (κ3) is 3.39. The monoisotopic (exact) mass is 241 g/mol. The van der Waals surface area contributed by atoms with Crippen molar-refractivity contribution in [1.82, 2.24) is 0 Å². The summed E-state index contributed by atoms with van der Waals surface area (Å²) in [5.41, 5.74) is 2.60. The maximum atomic E-state index is 3.46. The largest absolute Gasteiger partial charge is 0.380 e. The van der Waals surface area contributed by atoms with Gasteiger partial charge in [-0.15, -0.1) is 0 Å². The quantitative estimate of drug-likeness (QED) is 0.785.